The van der Waals surface area contributed by atoms with Crippen molar-refractivity contribution in [1.82, 2.24) is 4.90 Å². The fourth-order valence-corrected chi connectivity index (χ4v) is 3.41. The lowest BCUT2D eigenvalue weighted by molar-refractivity contribution is -0.123. The van der Waals surface area contributed by atoms with Crippen LogP contribution >= 0.6 is 11.8 Å². The number of nitrogens with zero attached hydrogens (tertiary/aromatic N) is 2. The van der Waals surface area contributed by atoms with Crippen molar-refractivity contribution in [3.05, 3.63) is 82.8 Å². The van der Waals surface area contributed by atoms with Crippen LogP contribution in [-0.2, 0) is 11.3 Å². The zero-order chi connectivity index (χ0) is 19.2. The van der Waals surface area contributed by atoms with Gasteiger partial charge in [0.1, 0.15) is 12.4 Å². The molecule has 2 amide bonds. The summed E-state index contributed by atoms with van der Waals surface area (Å²) in [5, 5.41) is 8.84. The highest BCUT2D eigenvalue weighted by Crippen LogP contribution is 2.34. The van der Waals surface area contributed by atoms with Crippen LogP contribution in [-0.4, -0.2) is 22.7 Å². The van der Waals surface area contributed by atoms with E-state index in [9.17, 15) is 14.9 Å². The first kappa shape index (κ1) is 18.5. The summed E-state index contributed by atoms with van der Waals surface area (Å²) in [5.41, 5.74) is 1.86. The average molecular weight is 376 g/mol. The van der Waals surface area contributed by atoms with E-state index in [2.05, 4.69) is 12.6 Å². The molecule has 2 aromatic rings. The van der Waals surface area contributed by atoms with Crippen LogP contribution in [0.5, 0.6) is 5.75 Å². The molecule has 0 radical (unpaired) electrons. The summed E-state index contributed by atoms with van der Waals surface area (Å²) in [4.78, 5) is 26.5. The molecule has 1 heterocycles. The maximum Gasteiger partial charge on any atom is 0.293 e. The molecule has 0 atom stereocenters. The number of carbonyl (C=O) groups excluding carboxylic acids is 2. The van der Waals surface area contributed by atoms with E-state index < -0.39 is 0 Å². The van der Waals surface area contributed by atoms with Gasteiger partial charge in [-0.3, -0.25) is 14.5 Å². The number of benzene rings is 2. The summed E-state index contributed by atoms with van der Waals surface area (Å²) in [6, 6.07) is 16.3. The Balaban J connectivity index is 1.80. The van der Waals surface area contributed by atoms with Crippen LogP contribution in [0.2, 0.25) is 0 Å². The second-order valence-electron chi connectivity index (χ2n) is 5.71. The third-order valence-corrected chi connectivity index (χ3v) is 4.77. The predicted molar refractivity (Wildman–Crippen MR) is 105 cm³/mol. The van der Waals surface area contributed by atoms with Gasteiger partial charge in [0.25, 0.3) is 11.1 Å². The van der Waals surface area contributed by atoms with Crippen molar-refractivity contribution in [3.63, 3.8) is 0 Å². The molecular weight excluding hydrogens is 360 g/mol. The Morgan fingerprint density at radius 3 is 2.78 bits per heavy atom. The smallest absolute Gasteiger partial charge is 0.293 e. The predicted octanol–water partition coefficient (Wildman–Crippen LogP) is 4.36. The first-order valence-corrected chi connectivity index (χ1v) is 9.01. The number of nitriles is 1. The standard InChI is InChI=1S/C21H16N2O3S/c1-2-10-26-18-9-5-6-15(11-18)12-19-20(24)23(21(25)27-19)14-17-8-4-3-7-16(17)13-22/h2-9,11-12H,1,10,14H2/b19-12+. The average Bonchev–Trinajstić information content (AvgIpc) is 2.94. The van der Waals surface area contributed by atoms with Crippen LogP contribution in [0, 0.1) is 11.3 Å². The Labute approximate surface area is 161 Å². The van der Waals surface area contributed by atoms with Gasteiger partial charge >= 0.3 is 0 Å². The monoisotopic (exact) mass is 376 g/mol. The number of ether oxygens (including phenoxy) is 1. The van der Waals surface area contributed by atoms with E-state index in [0.29, 0.717) is 28.4 Å². The van der Waals surface area contributed by atoms with Gasteiger partial charge in [0.15, 0.2) is 0 Å². The van der Waals surface area contributed by atoms with Crippen LogP contribution in [0.4, 0.5) is 4.79 Å². The molecule has 0 saturated carbocycles. The van der Waals surface area contributed by atoms with Crippen LogP contribution in [0.25, 0.3) is 6.08 Å². The van der Waals surface area contributed by atoms with E-state index in [4.69, 9.17) is 4.74 Å². The Morgan fingerprint density at radius 1 is 1.19 bits per heavy atom. The minimum atomic E-state index is -0.366. The maximum absolute atomic E-state index is 12.7. The Bertz CT molecular complexity index is 975. The minimum Gasteiger partial charge on any atom is -0.490 e. The molecule has 0 aromatic heterocycles. The fourth-order valence-electron chi connectivity index (χ4n) is 2.57. The van der Waals surface area contributed by atoms with Crippen LogP contribution in [0.3, 0.4) is 0 Å². The fraction of sp³-hybridized carbons (Fsp3) is 0.0952. The summed E-state index contributed by atoms with van der Waals surface area (Å²) < 4.78 is 5.49. The second kappa shape index (κ2) is 8.39. The normalized spacial score (nSPS) is 15.1. The quantitative estimate of drug-likeness (QED) is 0.553. The third-order valence-electron chi connectivity index (χ3n) is 3.86. The van der Waals surface area contributed by atoms with Crippen molar-refractivity contribution in [2.75, 3.05) is 6.61 Å². The summed E-state index contributed by atoms with van der Waals surface area (Å²) >= 11 is 0.892. The van der Waals surface area contributed by atoms with Gasteiger partial charge in [-0.25, -0.2) is 0 Å². The number of hydrogen-bond acceptors (Lipinski definition) is 5. The molecule has 1 aliphatic heterocycles. The van der Waals surface area contributed by atoms with Crippen LogP contribution < -0.4 is 4.74 Å². The van der Waals surface area contributed by atoms with E-state index in [-0.39, 0.29) is 17.7 Å². The molecular formula is C21H16N2O3S. The van der Waals surface area contributed by atoms with Gasteiger partial charge in [0, 0.05) is 0 Å². The van der Waals surface area contributed by atoms with Crippen LogP contribution in [0.15, 0.2) is 66.1 Å². The molecule has 1 aliphatic rings. The summed E-state index contributed by atoms with van der Waals surface area (Å²) in [6.45, 7) is 4.07. The number of rotatable bonds is 6. The van der Waals surface area contributed by atoms with Crippen molar-refractivity contribution in [3.8, 4) is 11.8 Å². The van der Waals surface area contributed by atoms with Gasteiger partial charge in [0.05, 0.1) is 23.1 Å². The Morgan fingerprint density at radius 2 is 2.00 bits per heavy atom. The zero-order valence-electron chi connectivity index (χ0n) is 14.4. The molecule has 0 N–H and O–H groups in total. The van der Waals surface area contributed by atoms with Gasteiger partial charge in [-0.1, -0.05) is 43.0 Å². The number of amides is 2. The lowest BCUT2D eigenvalue weighted by Crippen LogP contribution is -2.27. The molecule has 0 spiro atoms. The van der Waals surface area contributed by atoms with Gasteiger partial charge in [-0.15, -0.1) is 0 Å². The van der Waals surface area contributed by atoms with Crippen molar-refractivity contribution in [2.45, 2.75) is 6.54 Å². The van der Waals surface area contributed by atoms with E-state index >= 15 is 0 Å². The highest BCUT2D eigenvalue weighted by molar-refractivity contribution is 8.18. The Hall–Kier alpha value is -3.30. The van der Waals surface area contributed by atoms with E-state index in [1.165, 1.54) is 0 Å². The van der Waals surface area contributed by atoms with Gasteiger partial charge in [0.2, 0.25) is 0 Å². The van der Waals surface area contributed by atoms with Crippen molar-refractivity contribution < 1.29 is 14.3 Å². The lowest BCUT2D eigenvalue weighted by atomic mass is 10.1. The molecule has 1 saturated heterocycles. The summed E-state index contributed by atoms with van der Waals surface area (Å²) in [5.74, 6) is 0.293. The van der Waals surface area contributed by atoms with E-state index in [1.807, 2.05) is 18.2 Å². The molecule has 5 nitrogen and oxygen atoms in total. The SMILES string of the molecule is C=CCOc1cccc(/C=C2/SC(=O)N(Cc3ccccc3C#N)C2=O)c1. The zero-order valence-corrected chi connectivity index (χ0v) is 15.2. The number of thioether (sulfide) groups is 1. The van der Waals surface area contributed by atoms with Gasteiger partial charge < -0.3 is 4.74 Å². The maximum atomic E-state index is 12.7. The molecule has 0 aliphatic carbocycles. The molecule has 0 bridgehead atoms. The second-order valence-corrected chi connectivity index (χ2v) is 6.70. The van der Waals surface area contributed by atoms with Gasteiger partial charge in [-0.05, 0) is 47.2 Å². The van der Waals surface area contributed by atoms with Crippen molar-refractivity contribution >= 4 is 29.0 Å². The molecule has 3 rings (SSSR count). The lowest BCUT2D eigenvalue weighted by Gasteiger charge is -2.13. The number of imide groups is 1. The first-order valence-electron chi connectivity index (χ1n) is 8.19. The summed E-state index contributed by atoms with van der Waals surface area (Å²) in [7, 11) is 0. The molecule has 2 aromatic carbocycles. The number of carbonyl (C=O) groups is 2. The third kappa shape index (κ3) is 4.27. The first-order chi connectivity index (χ1) is 13.1. The minimum absolute atomic E-state index is 0.0776. The molecule has 27 heavy (non-hydrogen) atoms. The highest BCUT2D eigenvalue weighted by atomic mass is 32.2. The van der Waals surface area contributed by atoms with E-state index in [1.54, 1.807) is 42.5 Å². The van der Waals surface area contributed by atoms with Gasteiger partial charge in [-0.2, -0.15) is 5.26 Å². The van der Waals surface area contributed by atoms with E-state index in [0.717, 1.165) is 22.2 Å². The van der Waals surface area contributed by atoms with Crippen molar-refractivity contribution in [2.24, 2.45) is 0 Å². The largest absolute Gasteiger partial charge is 0.490 e. The molecule has 0 unspecified atom stereocenters. The highest BCUT2D eigenvalue weighted by Gasteiger charge is 2.35. The topological polar surface area (TPSA) is 70.4 Å². The van der Waals surface area contributed by atoms with Crippen LogP contribution in [0.1, 0.15) is 16.7 Å². The number of hydrogen-bond donors (Lipinski definition) is 0. The Kier molecular flexibility index (Phi) is 5.74. The molecule has 134 valence electrons. The molecule has 1 fully saturated rings. The summed E-state index contributed by atoms with van der Waals surface area (Å²) in [6.07, 6.45) is 3.32. The molecule has 6 heteroatoms. The van der Waals surface area contributed by atoms with Crippen molar-refractivity contribution in [1.29, 1.82) is 5.26 Å².